The van der Waals surface area contributed by atoms with Gasteiger partial charge in [0.15, 0.2) is 0 Å². The van der Waals surface area contributed by atoms with Gasteiger partial charge in [-0.3, -0.25) is 0 Å². The van der Waals surface area contributed by atoms with Gasteiger partial charge >= 0.3 is 19.2 Å². The molecular formula is C31H48BN3O5. The predicted molar refractivity (Wildman–Crippen MR) is 156 cm³/mol. The molecule has 6 atom stereocenters. The Morgan fingerprint density at radius 2 is 1.90 bits per heavy atom. The molecule has 6 rings (SSSR count). The van der Waals surface area contributed by atoms with Crippen molar-refractivity contribution in [2.75, 3.05) is 13.1 Å². The molecule has 0 unspecified atom stereocenters. The van der Waals surface area contributed by atoms with Crippen LogP contribution in [0.5, 0.6) is 0 Å². The summed E-state index contributed by atoms with van der Waals surface area (Å²) in [6.07, 6.45) is 6.26. The Kier molecular flexibility index (Phi) is 8.19. The van der Waals surface area contributed by atoms with Crippen LogP contribution < -0.4 is 10.6 Å². The predicted octanol–water partition coefficient (Wildman–Crippen LogP) is 5.34. The third kappa shape index (κ3) is 6.01. The first-order valence-electron chi connectivity index (χ1n) is 15.3. The minimum Gasteiger partial charge on any atom is -0.444 e. The van der Waals surface area contributed by atoms with Crippen molar-refractivity contribution < 1.29 is 23.6 Å². The van der Waals surface area contributed by atoms with Crippen LogP contribution in [-0.2, 0) is 20.5 Å². The van der Waals surface area contributed by atoms with Gasteiger partial charge in [-0.2, -0.15) is 0 Å². The maximum absolute atomic E-state index is 13.3. The molecule has 8 nitrogen and oxygen atoms in total. The highest BCUT2D eigenvalue weighted by Crippen LogP contribution is 2.65. The zero-order chi connectivity index (χ0) is 28.7. The first-order chi connectivity index (χ1) is 18.9. The van der Waals surface area contributed by atoms with Crippen LogP contribution in [0, 0.1) is 17.3 Å². The fourth-order valence-corrected chi connectivity index (χ4v) is 7.52. The number of piperidine rings is 1. The normalized spacial score (nSPS) is 31.6. The lowest BCUT2D eigenvalue weighted by molar-refractivity contribution is -0.199. The number of urea groups is 1. The van der Waals surface area contributed by atoms with Gasteiger partial charge in [-0.1, -0.05) is 44.2 Å². The molecule has 1 aromatic carbocycles. The Hall–Kier alpha value is -2.26. The molecule has 3 aliphatic carbocycles. The molecule has 0 radical (unpaired) electrons. The largest absolute Gasteiger partial charge is 0.481 e. The SMILES string of the molecule is CC(C)(C)OC(=O)N1CCCC[C@H]1CNC(=O)N[C@@H](CCc1ccccc1)B1O[C@@H]2C[C@@H]3C[C@@H](C3(C)C)[C@]2(C)O1. The second-order valence-corrected chi connectivity index (χ2v) is 14.1. The van der Waals surface area contributed by atoms with Gasteiger partial charge in [0.25, 0.3) is 0 Å². The zero-order valence-electron chi connectivity index (χ0n) is 25.2. The first-order valence-corrected chi connectivity index (χ1v) is 15.3. The summed E-state index contributed by atoms with van der Waals surface area (Å²) in [5.74, 6) is 0.833. The summed E-state index contributed by atoms with van der Waals surface area (Å²) in [6.45, 7) is 13.6. The molecule has 2 saturated heterocycles. The number of likely N-dealkylation sites (tertiary alicyclic amines) is 1. The standard InChI is InChI=1S/C31H48BN3O5/c1-29(2,3)38-28(37)35-17-11-10-14-23(35)20-33-27(36)34-26(16-15-21-12-8-7-9-13-21)32-39-25-19-22-18-24(30(22,4)5)31(25,6)40-32/h7-9,12-13,22-26H,10-11,14-20H2,1-6H3,(H2,33,34,36)/t22-,23-,24-,25+,26-,31-/m0/s1. The van der Waals surface area contributed by atoms with Gasteiger partial charge < -0.3 is 29.6 Å². The molecule has 5 aliphatic rings. The van der Waals surface area contributed by atoms with Crippen LogP contribution in [0.2, 0.25) is 0 Å². The number of carbonyl (C=O) groups excluding carboxylic acids is 2. The number of hydrogen-bond acceptors (Lipinski definition) is 5. The highest BCUT2D eigenvalue weighted by atomic mass is 16.7. The van der Waals surface area contributed by atoms with Crippen molar-refractivity contribution in [1.82, 2.24) is 15.5 Å². The average Bonchev–Trinajstić information content (AvgIpc) is 3.26. The molecule has 2 bridgehead atoms. The van der Waals surface area contributed by atoms with E-state index in [0.29, 0.717) is 31.3 Å². The van der Waals surface area contributed by atoms with Crippen LogP contribution in [0.3, 0.4) is 0 Å². The Balaban J connectivity index is 1.23. The van der Waals surface area contributed by atoms with Gasteiger partial charge in [0.2, 0.25) is 0 Å². The smallest absolute Gasteiger partial charge is 0.444 e. The lowest BCUT2D eigenvalue weighted by Gasteiger charge is -2.64. The van der Waals surface area contributed by atoms with Gasteiger partial charge in [0.1, 0.15) is 5.60 Å². The molecule has 2 aliphatic heterocycles. The van der Waals surface area contributed by atoms with E-state index in [4.69, 9.17) is 14.0 Å². The molecule has 5 fully saturated rings. The number of carbonyl (C=O) groups is 2. The average molecular weight is 554 g/mol. The second-order valence-electron chi connectivity index (χ2n) is 14.1. The van der Waals surface area contributed by atoms with Crippen LogP contribution in [0.15, 0.2) is 30.3 Å². The number of rotatable bonds is 7. The minimum atomic E-state index is -0.555. The Morgan fingerprint density at radius 3 is 2.60 bits per heavy atom. The van der Waals surface area contributed by atoms with Gasteiger partial charge in [-0.25, -0.2) is 9.59 Å². The number of ether oxygens (including phenoxy) is 1. The van der Waals surface area contributed by atoms with E-state index >= 15 is 0 Å². The summed E-state index contributed by atoms with van der Waals surface area (Å²) in [5.41, 5.74) is 0.589. The summed E-state index contributed by atoms with van der Waals surface area (Å²) in [4.78, 5) is 27.9. The molecule has 0 spiro atoms. The topological polar surface area (TPSA) is 89.1 Å². The lowest BCUT2D eigenvalue weighted by atomic mass is 9.43. The maximum atomic E-state index is 13.3. The molecule has 3 amide bonds. The Morgan fingerprint density at radius 1 is 1.15 bits per heavy atom. The molecule has 0 aromatic heterocycles. The van der Waals surface area contributed by atoms with E-state index in [2.05, 4.69) is 43.5 Å². The Labute approximate surface area is 240 Å². The van der Waals surface area contributed by atoms with Crippen molar-refractivity contribution in [3.63, 3.8) is 0 Å². The van der Waals surface area contributed by atoms with Gasteiger partial charge in [-0.15, -0.1) is 0 Å². The van der Waals surface area contributed by atoms with E-state index in [1.54, 1.807) is 4.90 Å². The van der Waals surface area contributed by atoms with E-state index < -0.39 is 12.7 Å². The third-order valence-electron chi connectivity index (χ3n) is 9.95. The van der Waals surface area contributed by atoms with Crippen molar-refractivity contribution in [1.29, 1.82) is 0 Å². The van der Waals surface area contributed by atoms with Crippen molar-refractivity contribution in [2.24, 2.45) is 17.3 Å². The summed E-state index contributed by atoms with van der Waals surface area (Å²) < 4.78 is 18.9. The molecule has 1 aromatic rings. The van der Waals surface area contributed by atoms with Crippen molar-refractivity contribution >= 4 is 19.2 Å². The van der Waals surface area contributed by atoms with Crippen LogP contribution in [0.4, 0.5) is 9.59 Å². The van der Waals surface area contributed by atoms with Gasteiger partial charge in [0, 0.05) is 13.1 Å². The summed E-state index contributed by atoms with van der Waals surface area (Å²) in [5, 5.41) is 6.24. The molecule has 2 N–H and O–H groups in total. The van der Waals surface area contributed by atoms with Crippen LogP contribution >= 0.6 is 0 Å². The molecule has 2 heterocycles. The molecular weight excluding hydrogens is 505 g/mol. The van der Waals surface area contributed by atoms with E-state index in [1.165, 1.54) is 12.0 Å². The number of amides is 3. The maximum Gasteiger partial charge on any atom is 0.481 e. The number of hydrogen-bond donors (Lipinski definition) is 2. The van der Waals surface area contributed by atoms with Crippen molar-refractivity contribution in [2.45, 2.75) is 116 Å². The summed E-state index contributed by atoms with van der Waals surface area (Å²) in [6, 6.07) is 9.97. The number of aryl methyl sites for hydroxylation is 1. The molecule has 40 heavy (non-hydrogen) atoms. The molecule has 9 heteroatoms. The Bertz CT molecular complexity index is 1060. The molecule has 220 valence electrons. The fourth-order valence-electron chi connectivity index (χ4n) is 7.52. The van der Waals surface area contributed by atoms with E-state index in [9.17, 15) is 9.59 Å². The van der Waals surface area contributed by atoms with E-state index in [-0.39, 0.29) is 41.2 Å². The van der Waals surface area contributed by atoms with Crippen molar-refractivity contribution in [3.8, 4) is 0 Å². The number of benzene rings is 1. The number of nitrogens with zero attached hydrogens (tertiary/aromatic N) is 1. The van der Waals surface area contributed by atoms with Crippen LogP contribution in [0.1, 0.15) is 85.6 Å². The number of nitrogens with one attached hydrogen (secondary N) is 2. The van der Waals surface area contributed by atoms with Crippen LogP contribution in [0.25, 0.3) is 0 Å². The molecule has 3 saturated carbocycles. The highest BCUT2D eigenvalue weighted by Gasteiger charge is 2.68. The van der Waals surface area contributed by atoms with Gasteiger partial charge in [-0.05, 0) is 95.5 Å². The quantitative estimate of drug-likeness (QED) is 0.445. The zero-order valence-corrected chi connectivity index (χ0v) is 25.2. The fraction of sp³-hybridized carbons (Fsp3) is 0.742. The second kappa shape index (κ2) is 11.2. The summed E-state index contributed by atoms with van der Waals surface area (Å²) >= 11 is 0. The summed E-state index contributed by atoms with van der Waals surface area (Å²) in [7, 11) is -0.493. The van der Waals surface area contributed by atoms with Crippen molar-refractivity contribution in [3.05, 3.63) is 35.9 Å². The van der Waals surface area contributed by atoms with E-state index in [0.717, 1.165) is 32.1 Å². The van der Waals surface area contributed by atoms with Crippen LogP contribution in [-0.4, -0.2) is 66.5 Å². The first kappa shape index (κ1) is 29.2. The van der Waals surface area contributed by atoms with Gasteiger partial charge in [0.05, 0.1) is 23.7 Å². The monoisotopic (exact) mass is 553 g/mol. The van der Waals surface area contributed by atoms with E-state index in [1.807, 2.05) is 39.0 Å². The lowest BCUT2D eigenvalue weighted by Crippen LogP contribution is -2.65. The highest BCUT2D eigenvalue weighted by molar-refractivity contribution is 6.47. The minimum absolute atomic E-state index is 0.0583. The third-order valence-corrected chi connectivity index (χ3v) is 9.95.